The van der Waals surface area contributed by atoms with E-state index in [0.29, 0.717) is 11.1 Å². The highest BCUT2D eigenvalue weighted by molar-refractivity contribution is 6.51. The normalized spacial score (nSPS) is 17.9. The SMILES string of the molecule is Cc1ccc(/C(O)=C2/C(=O)C(=O)N(c3ccc(C(F)(F)F)cc3)C2c2ccc(F)cc2)cc1C. The van der Waals surface area contributed by atoms with Crippen LogP contribution in [0.5, 0.6) is 0 Å². The number of anilines is 1. The molecule has 174 valence electrons. The van der Waals surface area contributed by atoms with Gasteiger partial charge in [0.2, 0.25) is 0 Å². The van der Waals surface area contributed by atoms with Crippen molar-refractivity contribution in [2.45, 2.75) is 26.1 Å². The summed E-state index contributed by atoms with van der Waals surface area (Å²) in [6, 6.07) is 12.6. The standard InChI is InChI=1S/C26H19F4NO3/c1-14-3-4-17(13-15(14)2)23(32)21-22(16-5-9-19(27)10-6-16)31(25(34)24(21)33)20-11-7-18(8-12-20)26(28,29)30/h3-13,22,32H,1-2H3/b23-21-. The maximum atomic E-state index is 13.6. The number of aliphatic hydroxyl groups is 1. The van der Waals surface area contributed by atoms with E-state index in [-0.39, 0.29) is 11.3 Å². The zero-order valence-corrected chi connectivity index (χ0v) is 18.2. The molecule has 8 heteroatoms. The molecule has 1 heterocycles. The van der Waals surface area contributed by atoms with Crippen LogP contribution in [0.3, 0.4) is 0 Å². The Kier molecular flexibility index (Phi) is 5.77. The van der Waals surface area contributed by atoms with Gasteiger partial charge in [0.1, 0.15) is 11.6 Å². The minimum atomic E-state index is -4.58. The van der Waals surface area contributed by atoms with Crippen molar-refractivity contribution in [2.24, 2.45) is 0 Å². The van der Waals surface area contributed by atoms with Gasteiger partial charge in [0.15, 0.2) is 0 Å². The first-order chi connectivity index (χ1) is 16.0. The van der Waals surface area contributed by atoms with E-state index in [1.807, 2.05) is 13.8 Å². The Labute approximate surface area is 192 Å². The summed E-state index contributed by atoms with van der Waals surface area (Å²) < 4.78 is 52.7. The summed E-state index contributed by atoms with van der Waals surface area (Å²) in [6.07, 6.45) is -4.58. The summed E-state index contributed by atoms with van der Waals surface area (Å²) in [5.74, 6) is -2.99. The molecule has 1 aliphatic rings. The lowest BCUT2D eigenvalue weighted by molar-refractivity contribution is -0.137. The zero-order valence-electron chi connectivity index (χ0n) is 18.2. The molecule has 1 aliphatic heterocycles. The molecule has 0 spiro atoms. The van der Waals surface area contributed by atoms with Crippen molar-refractivity contribution in [1.29, 1.82) is 0 Å². The average Bonchev–Trinajstić information content (AvgIpc) is 3.06. The van der Waals surface area contributed by atoms with Gasteiger partial charge in [-0.05, 0) is 73.0 Å². The molecule has 1 unspecified atom stereocenters. The lowest BCUT2D eigenvalue weighted by atomic mass is 9.94. The Bertz CT molecular complexity index is 1310. The molecule has 4 rings (SSSR count). The van der Waals surface area contributed by atoms with Crippen molar-refractivity contribution < 1.29 is 32.3 Å². The molecule has 1 atom stereocenters. The molecule has 3 aromatic carbocycles. The predicted molar refractivity (Wildman–Crippen MR) is 119 cm³/mol. The van der Waals surface area contributed by atoms with Gasteiger partial charge in [0.25, 0.3) is 11.7 Å². The van der Waals surface area contributed by atoms with Crippen LogP contribution in [0.2, 0.25) is 0 Å². The van der Waals surface area contributed by atoms with Gasteiger partial charge in [-0.2, -0.15) is 13.2 Å². The fourth-order valence-corrected chi connectivity index (χ4v) is 3.91. The third-order valence-corrected chi connectivity index (χ3v) is 5.88. The number of hydrogen-bond donors (Lipinski definition) is 1. The lowest BCUT2D eigenvalue weighted by Gasteiger charge is -2.25. The number of aryl methyl sites for hydroxylation is 2. The number of aliphatic hydroxyl groups excluding tert-OH is 1. The molecule has 34 heavy (non-hydrogen) atoms. The number of Topliss-reactive ketones (excluding diaryl/α,β-unsaturated/α-hetero) is 1. The number of nitrogens with zero attached hydrogens (tertiary/aromatic N) is 1. The molecule has 0 aliphatic carbocycles. The number of alkyl halides is 3. The highest BCUT2D eigenvalue weighted by atomic mass is 19.4. The summed E-state index contributed by atoms with van der Waals surface area (Å²) in [5, 5.41) is 11.1. The fourth-order valence-electron chi connectivity index (χ4n) is 3.91. The summed E-state index contributed by atoms with van der Waals surface area (Å²) in [7, 11) is 0. The highest BCUT2D eigenvalue weighted by Crippen LogP contribution is 2.43. The number of halogens is 4. The van der Waals surface area contributed by atoms with Crippen molar-refractivity contribution >= 4 is 23.1 Å². The van der Waals surface area contributed by atoms with Crippen LogP contribution in [0, 0.1) is 19.7 Å². The Morgan fingerprint density at radius 1 is 0.882 bits per heavy atom. The van der Waals surface area contributed by atoms with Crippen molar-refractivity contribution in [1.82, 2.24) is 0 Å². The molecule has 0 saturated carbocycles. The Balaban J connectivity index is 1.91. The quantitative estimate of drug-likeness (QED) is 0.219. The van der Waals surface area contributed by atoms with Crippen LogP contribution in [0.15, 0.2) is 72.3 Å². The molecule has 4 nitrogen and oxygen atoms in total. The van der Waals surface area contributed by atoms with Crippen molar-refractivity contribution in [3.05, 3.63) is 106 Å². The number of benzene rings is 3. The fraction of sp³-hybridized carbons (Fsp3) is 0.154. The molecular formula is C26H19F4NO3. The first kappa shape index (κ1) is 23.2. The van der Waals surface area contributed by atoms with E-state index in [1.165, 1.54) is 12.1 Å². The zero-order chi connectivity index (χ0) is 24.8. The van der Waals surface area contributed by atoms with Crippen LogP contribution in [-0.4, -0.2) is 16.8 Å². The van der Waals surface area contributed by atoms with Crippen LogP contribution in [0.25, 0.3) is 5.76 Å². The predicted octanol–water partition coefficient (Wildman–Crippen LogP) is 6.09. The van der Waals surface area contributed by atoms with Gasteiger partial charge in [-0.15, -0.1) is 0 Å². The number of hydrogen-bond acceptors (Lipinski definition) is 3. The smallest absolute Gasteiger partial charge is 0.416 e. The van der Waals surface area contributed by atoms with E-state index >= 15 is 0 Å². The molecule has 1 fully saturated rings. The van der Waals surface area contributed by atoms with Crippen molar-refractivity contribution in [3.8, 4) is 0 Å². The molecule has 1 amide bonds. The summed E-state index contributed by atoms with van der Waals surface area (Å²) in [5.41, 5.74) is 1.30. The van der Waals surface area contributed by atoms with E-state index in [1.54, 1.807) is 18.2 Å². The first-order valence-electron chi connectivity index (χ1n) is 10.3. The molecule has 0 bridgehead atoms. The van der Waals surface area contributed by atoms with Gasteiger partial charge in [0.05, 0.1) is 17.2 Å². The molecule has 1 saturated heterocycles. The second kappa shape index (κ2) is 8.44. The number of rotatable bonds is 3. The Hall–Kier alpha value is -3.94. The van der Waals surface area contributed by atoms with E-state index in [9.17, 15) is 32.3 Å². The third-order valence-electron chi connectivity index (χ3n) is 5.88. The minimum absolute atomic E-state index is 0.0311. The maximum Gasteiger partial charge on any atom is 0.416 e. The molecule has 1 N–H and O–H groups in total. The van der Waals surface area contributed by atoms with E-state index in [4.69, 9.17) is 0 Å². The van der Waals surface area contributed by atoms with E-state index in [2.05, 4.69) is 0 Å². The lowest BCUT2D eigenvalue weighted by Crippen LogP contribution is -2.29. The van der Waals surface area contributed by atoms with Crippen LogP contribution in [0.4, 0.5) is 23.2 Å². The van der Waals surface area contributed by atoms with Crippen LogP contribution >= 0.6 is 0 Å². The van der Waals surface area contributed by atoms with Gasteiger partial charge in [-0.25, -0.2) is 4.39 Å². The second-order valence-corrected chi connectivity index (χ2v) is 8.06. The largest absolute Gasteiger partial charge is 0.507 e. The molecule has 0 aromatic heterocycles. The maximum absolute atomic E-state index is 13.6. The van der Waals surface area contributed by atoms with Gasteiger partial charge in [-0.1, -0.05) is 24.3 Å². The number of carbonyl (C=O) groups excluding carboxylic acids is 2. The number of ketones is 1. The number of amides is 1. The Morgan fingerprint density at radius 2 is 1.50 bits per heavy atom. The summed E-state index contributed by atoms with van der Waals surface area (Å²) >= 11 is 0. The second-order valence-electron chi connectivity index (χ2n) is 8.06. The molecular weight excluding hydrogens is 450 g/mol. The average molecular weight is 469 g/mol. The van der Waals surface area contributed by atoms with Gasteiger partial charge in [-0.3, -0.25) is 14.5 Å². The van der Waals surface area contributed by atoms with Gasteiger partial charge >= 0.3 is 6.18 Å². The molecule has 3 aromatic rings. The minimum Gasteiger partial charge on any atom is -0.507 e. The van der Waals surface area contributed by atoms with Crippen molar-refractivity contribution in [3.63, 3.8) is 0 Å². The monoisotopic (exact) mass is 469 g/mol. The van der Waals surface area contributed by atoms with Crippen LogP contribution in [0.1, 0.15) is 33.9 Å². The third kappa shape index (κ3) is 4.07. The van der Waals surface area contributed by atoms with Crippen LogP contribution < -0.4 is 4.90 Å². The summed E-state index contributed by atoms with van der Waals surface area (Å²) in [4.78, 5) is 27.1. The highest BCUT2D eigenvalue weighted by Gasteiger charge is 2.47. The van der Waals surface area contributed by atoms with Gasteiger partial charge in [0, 0.05) is 11.3 Å². The molecule has 0 radical (unpaired) electrons. The van der Waals surface area contributed by atoms with E-state index < -0.39 is 41.0 Å². The van der Waals surface area contributed by atoms with Crippen LogP contribution in [-0.2, 0) is 15.8 Å². The number of carbonyl (C=O) groups is 2. The first-order valence-corrected chi connectivity index (χ1v) is 10.3. The summed E-state index contributed by atoms with van der Waals surface area (Å²) in [6.45, 7) is 3.70. The van der Waals surface area contributed by atoms with Crippen molar-refractivity contribution in [2.75, 3.05) is 4.90 Å². The van der Waals surface area contributed by atoms with E-state index in [0.717, 1.165) is 52.4 Å². The van der Waals surface area contributed by atoms with Gasteiger partial charge < -0.3 is 5.11 Å². The topological polar surface area (TPSA) is 57.6 Å². The Morgan fingerprint density at radius 3 is 2.06 bits per heavy atom.